The molecule has 2 heterocycles. The van der Waals surface area contributed by atoms with Crippen LogP contribution in [0.5, 0.6) is 0 Å². The van der Waals surface area contributed by atoms with E-state index in [0.717, 1.165) is 36.1 Å². The highest BCUT2D eigenvalue weighted by atomic mass is 32.2. The number of hydrogen-bond acceptors (Lipinski definition) is 4. The van der Waals surface area contributed by atoms with Gasteiger partial charge in [0.05, 0.1) is 6.54 Å². The zero-order valence-corrected chi connectivity index (χ0v) is 13.6. The third kappa shape index (κ3) is 4.80. The zero-order chi connectivity index (χ0) is 15.1. The van der Waals surface area contributed by atoms with Gasteiger partial charge in [0.1, 0.15) is 0 Å². The van der Waals surface area contributed by atoms with Gasteiger partial charge in [0.25, 0.3) is 10.2 Å². The summed E-state index contributed by atoms with van der Waals surface area (Å²) in [5.41, 5.74) is 6.21. The van der Waals surface area contributed by atoms with Crippen molar-refractivity contribution in [2.45, 2.75) is 32.2 Å². The molecule has 0 amide bonds. The predicted octanol–water partition coefficient (Wildman–Crippen LogP) is 1.27. The highest BCUT2D eigenvalue weighted by Crippen LogP contribution is 2.17. The van der Waals surface area contributed by atoms with Crippen molar-refractivity contribution in [2.24, 2.45) is 5.73 Å². The normalized spacial score (nSPS) is 17.0. The molecule has 0 bridgehead atoms. The van der Waals surface area contributed by atoms with Gasteiger partial charge in [-0.05, 0) is 24.3 Å². The van der Waals surface area contributed by atoms with Crippen molar-refractivity contribution in [1.29, 1.82) is 0 Å². The smallest absolute Gasteiger partial charge is 0.279 e. The van der Waals surface area contributed by atoms with E-state index < -0.39 is 10.2 Å². The summed E-state index contributed by atoms with van der Waals surface area (Å²) in [6.45, 7) is 1.80. The molecule has 1 aromatic rings. The Balaban J connectivity index is 1.99. The number of thiophene rings is 1. The lowest BCUT2D eigenvalue weighted by Crippen LogP contribution is -2.40. The molecule has 0 aromatic carbocycles. The molecule has 5 nitrogen and oxygen atoms in total. The Hall–Kier alpha value is -0.910. The Morgan fingerprint density at radius 2 is 2.00 bits per heavy atom. The van der Waals surface area contributed by atoms with Crippen LogP contribution in [0, 0.1) is 11.8 Å². The molecule has 116 valence electrons. The van der Waals surface area contributed by atoms with Crippen LogP contribution in [0.15, 0.2) is 11.4 Å². The monoisotopic (exact) mass is 327 g/mol. The fourth-order valence-corrected chi connectivity index (χ4v) is 4.37. The molecule has 7 heteroatoms. The minimum atomic E-state index is -3.40. The van der Waals surface area contributed by atoms with E-state index in [2.05, 4.69) is 16.6 Å². The largest absolute Gasteiger partial charge is 0.320 e. The van der Waals surface area contributed by atoms with E-state index in [1.54, 1.807) is 4.31 Å². The van der Waals surface area contributed by atoms with Crippen molar-refractivity contribution >= 4 is 21.5 Å². The van der Waals surface area contributed by atoms with Crippen molar-refractivity contribution in [2.75, 3.05) is 19.6 Å². The molecular weight excluding hydrogens is 306 g/mol. The number of nitrogens with two attached hydrogens (primary N) is 1. The topological polar surface area (TPSA) is 75.4 Å². The maximum Gasteiger partial charge on any atom is 0.279 e. The van der Waals surface area contributed by atoms with Crippen LogP contribution < -0.4 is 10.5 Å². The van der Waals surface area contributed by atoms with E-state index in [9.17, 15) is 8.42 Å². The third-order valence-electron chi connectivity index (χ3n) is 3.39. The SMILES string of the molecule is NCC#Cc1ccsc1CNS(=O)(=O)N1CCCCCC1. The number of nitrogens with one attached hydrogen (secondary N) is 1. The van der Waals surface area contributed by atoms with Crippen LogP contribution in [-0.4, -0.2) is 32.4 Å². The lowest BCUT2D eigenvalue weighted by Gasteiger charge is -2.20. The molecule has 0 unspecified atom stereocenters. The van der Waals surface area contributed by atoms with Gasteiger partial charge in [-0.2, -0.15) is 17.4 Å². The van der Waals surface area contributed by atoms with E-state index in [4.69, 9.17) is 5.73 Å². The lowest BCUT2D eigenvalue weighted by atomic mass is 10.2. The molecule has 21 heavy (non-hydrogen) atoms. The molecule has 1 aromatic heterocycles. The Bertz CT molecular complexity index is 606. The van der Waals surface area contributed by atoms with E-state index in [1.165, 1.54) is 11.3 Å². The molecule has 0 saturated carbocycles. The van der Waals surface area contributed by atoms with E-state index in [0.29, 0.717) is 19.6 Å². The van der Waals surface area contributed by atoms with Crippen LogP contribution in [0.3, 0.4) is 0 Å². The predicted molar refractivity (Wildman–Crippen MR) is 86.1 cm³/mol. The quantitative estimate of drug-likeness (QED) is 0.818. The first-order chi connectivity index (χ1) is 10.1. The molecule has 1 aliphatic heterocycles. The summed E-state index contributed by atoms with van der Waals surface area (Å²) in [6.07, 6.45) is 4.09. The molecule has 1 saturated heterocycles. The van der Waals surface area contributed by atoms with Crippen LogP contribution in [0.1, 0.15) is 36.1 Å². The van der Waals surface area contributed by atoms with Crippen molar-refractivity contribution in [3.05, 3.63) is 21.9 Å². The van der Waals surface area contributed by atoms with Gasteiger partial charge in [0.15, 0.2) is 0 Å². The Kier molecular flexibility index (Phi) is 6.21. The first-order valence-electron chi connectivity index (χ1n) is 7.13. The average molecular weight is 327 g/mol. The molecule has 0 radical (unpaired) electrons. The highest BCUT2D eigenvalue weighted by molar-refractivity contribution is 7.87. The fourth-order valence-electron chi connectivity index (χ4n) is 2.27. The fraction of sp³-hybridized carbons (Fsp3) is 0.571. The average Bonchev–Trinajstić information content (AvgIpc) is 2.72. The van der Waals surface area contributed by atoms with Gasteiger partial charge < -0.3 is 5.73 Å². The molecule has 1 aliphatic rings. The van der Waals surface area contributed by atoms with Crippen molar-refractivity contribution in [3.8, 4) is 11.8 Å². The zero-order valence-electron chi connectivity index (χ0n) is 12.0. The molecule has 1 fully saturated rings. The van der Waals surface area contributed by atoms with Gasteiger partial charge >= 0.3 is 0 Å². The third-order valence-corrected chi connectivity index (χ3v) is 5.87. The maximum absolute atomic E-state index is 12.3. The van der Waals surface area contributed by atoms with Gasteiger partial charge in [-0.3, -0.25) is 0 Å². The summed E-state index contributed by atoms with van der Waals surface area (Å²) in [6, 6.07) is 1.89. The van der Waals surface area contributed by atoms with Crippen molar-refractivity contribution in [1.82, 2.24) is 9.03 Å². The Morgan fingerprint density at radius 1 is 1.29 bits per heavy atom. The van der Waals surface area contributed by atoms with Gasteiger partial charge in [0.2, 0.25) is 0 Å². The summed E-state index contributed by atoms with van der Waals surface area (Å²) >= 11 is 1.50. The lowest BCUT2D eigenvalue weighted by molar-refractivity contribution is 0.415. The highest BCUT2D eigenvalue weighted by Gasteiger charge is 2.22. The summed E-state index contributed by atoms with van der Waals surface area (Å²) in [5, 5.41) is 1.91. The first kappa shape index (κ1) is 16.5. The molecule has 0 atom stereocenters. The van der Waals surface area contributed by atoms with Crippen LogP contribution in [0.25, 0.3) is 0 Å². The molecule has 0 spiro atoms. The van der Waals surface area contributed by atoms with E-state index in [1.807, 2.05) is 11.4 Å². The van der Waals surface area contributed by atoms with Gasteiger partial charge in [-0.1, -0.05) is 24.7 Å². The minimum absolute atomic E-state index is 0.283. The number of hydrogen-bond donors (Lipinski definition) is 2. The first-order valence-corrected chi connectivity index (χ1v) is 9.45. The van der Waals surface area contributed by atoms with E-state index >= 15 is 0 Å². The summed E-state index contributed by atoms with van der Waals surface area (Å²) in [4.78, 5) is 0.925. The van der Waals surface area contributed by atoms with Crippen LogP contribution in [0.4, 0.5) is 0 Å². The van der Waals surface area contributed by atoms with Crippen molar-refractivity contribution in [3.63, 3.8) is 0 Å². The number of rotatable bonds is 4. The van der Waals surface area contributed by atoms with Gasteiger partial charge in [-0.15, -0.1) is 11.3 Å². The molecule has 2 rings (SSSR count). The van der Waals surface area contributed by atoms with Crippen LogP contribution in [0.2, 0.25) is 0 Å². The summed E-state index contributed by atoms with van der Waals surface area (Å²) in [5.74, 6) is 5.76. The van der Waals surface area contributed by atoms with Crippen LogP contribution >= 0.6 is 11.3 Å². The summed E-state index contributed by atoms with van der Waals surface area (Å²) in [7, 11) is -3.40. The second-order valence-corrected chi connectivity index (χ2v) is 7.66. The van der Waals surface area contributed by atoms with Gasteiger partial charge in [0, 0.05) is 30.1 Å². The van der Waals surface area contributed by atoms with E-state index in [-0.39, 0.29) is 6.54 Å². The Labute approximate surface area is 130 Å². The summed E-state index contributed by atoms with van der Waals surface area (Å²) < 4.78 is 28.9. The second-order valence-electron chi connectivity index (χ2n) is 4.90. The Morgan fingerprint density at radius 3 is 2.67 bits per heavy atom. The number of nitrogens with zero attached hydrogens (tertiary/aromatic N) is 1. The maximum atomic E-state index is 12.3. The molecular formula is C14H21N3O2S2. The van der Waals surface area contributed by atoms with Crippen LogP contribution in [-0.2, 0) is 16.8 Å². The van der Waals surface area contributed by atoms with Crippen molar-refractivity contribution < 1.29 is 8.42 Å². The molecule has 3 N–H and O–H groups in total. The minimum Gasteiger partial charge on any atom is -0.320 e. The van der Waals surface area contributed by atoms with Gasteiger partial charge in [-0.25, -0.2) is 0 Å². The molecule has 0 aliphatic carbocycles. The second kappa shape index (κ2) is 7.92. The standard InChI is InChI=1S/C14H21N3O2S2/c15-8-5-6-13-7-11-20-14(13)12-16-21(18,19)17-9-3-1-2-4-10-17/h7,11,16H,1-4,8-10,12,15H2.